The number of Topliss-reactive ketones (excluding diaryl/α,β-unsaturated/α-hetero) is 1. The summed E-state index contributed by atoms with van der Waals surface area (Å²) in [4.78, 5) is 23.2. The summed E-state index contributed by atoms with van der Waals surface area (Å²) in [5.74, 6) is 0.0295. The number of benzene rings is 2. The molecule has 9 heteroatoms. The first kappa shape index (κ1) is 21.4. The second-order valence-corrected chi connectivity index (χ2v) is 7.47. The van der Waals surface area contributed by atoms with Crippen LogP contribution in [0.15, 0.2) is 48.5 Å². The Morgan fingerprint density at radius 1 is 1.22 bits per heavy atom. The van der Waals surface area contributed by atoms with Crippen molar-refractivity contribution in [3.8, 4) is 17.2 Å². The van der Waals surface area contributed by atoms with Gasteiger partial charge in [0.15, 0.2) is 30.0 Å². The minimum Gasteiger partial charge on any atom is -0.486 e. The van der Waals surface area contributed by atoms with Gasteiger partial charge in [-0.25, -0.2) is 4.39 Å². The van der Waals surface area contributed by atoms with Crippen molar-refractivity contribution in [1.82, 2.24) is 4.57 Å². The quantitative estimate of drug-likeness (QED) is 0.310. The van der Waals surface area contributed by atoms with Crippen molar-refractivity contribution in [3.05, 3.63) is 81.4 Å². The molecule has 3 aromatic rings. The molecule has 32 heavy (non-hydrogen) atoms. The van der Waals surface area contributed by atoms with Crippen LogP contribution in [-0.2, 0) is 6.54 Å². The van der Waals surface area contributed by atoms with Gasteiger partial charge < -0.3 is 18.8 Å². The fraction of sp³-hybridized carbons (Fsp3) is 0.261. The number of halogens is 1. The molecular formula is C23H21FN2O6. The zero-order valence-electron chi connectivity index (χ0n) is 17.5. The van der Waals surface area contributed by atoms with Crippen molar-refractivity contribution < 1.29 is 28.3 Å². The predicted molar refractivity (Wildman–Crippen MR) is 113 cm³/mol. The van der Waals surface area contributed by atoms with E-state index in [-0.39, 0.29) is 17.6 Å². The van der Waals surface area contributed by atoms with Crippen molar-refractivity contribution in [2.75, 3.05) is 13.2 Å². The second kappa shape index (κ2) is 8.70. The minimum atomic E-state index is -0.687. The lowest BCUT2D eigenvalue weighted by Gasteiger charge is -2.27. The van der Waals surface area contributed by atoms with E-state index >= 15 is 0 Å². The Labute approximate surface area is 183 Å². The molecule has 0 unspecified atom stereocenters. The van der Waals surface area contributed by atoms with Crippen LogP contribution in [0, 0.1) is 29.8 Å². The van der Waals surface area contributed by atoms with E-state index in [9.17, 15) is 19.3 Å². The van der Waals surface area contributed by atoms with Gasteiger partial charge >= 0.3 is 5.69 Å². The van der Waals surface area contributed by atoms with Gasteiger partial charge in [0, 0.05) is 29.1 Å². The summed E-state index contributed by atoms with van der Waals surface area (Å²) in [5.41, 5.74) is 1.59. The Hall–Kier alpha value is -3.88. The van der Waals surface area contributed by atoms with Gasteiger partial charge in [0.05, 0.1) is 11.5 Å². The van der Waals surface area contributed by atoms with Crippen molar-refractivity contribution in [2.45, 2.75) is 26.5 Å². The first-order valence-electron chi connectivity index (χ1n) is 9.98. The molecule has 1 atom stereocenters. The van der Waals surface area contributed by atoms with E-state index < -0.39 is 23.0 Å². The highest BCUT2D eigenvalue weighted by Crippen LogP contribution is 2.32. The number of hydrogen-bond acceptors (Lipinski definition) is 6. The van der Waals surface area contributed by atoms with E-state index in [1.54, 1.807) is 6.07 Å². The predicted octanol–water partition coefficient (Wildman–Crippen LogP) is 4.25. The van der Waals surface area contributed by atoms with Gasteiger partial charge in [-0.1, -0.05) is 12.1 Å². The molecule has 0 fully saturated rings. The Bertz CT molecular complexity index is 1190. The van der Waals surface area contributed by atoms with E-state index in [0.29, 0.717) is 35.9 Å². The van der Waals surface area contributed by atoms with E-state index in [2.05, 4.69) is 0 Å². The number of para-hydroxylation sites is 2. The molecule has 0 amide bonds. The standard InChI is InChI=1S/C23H21FN2O6/c1-14-9-18(20(27)13-31-23-10-16(24)7-8-19(23)26(28)29)15(2)25(14)11-17-12-30-21-5-3-4-6-22(21)32-17/h3-10,17H,11-13H2,1-2H3/t17-/m0/s1. The highest BCUT2D eigenvalue weighted by Gasteiger charge is 2.24. The molecule has 0 aliphatic carbocycles. The molecule has 0 bridgehead atoms. The van der Waals surface area contributed by atoms with Crippen LogP contribution in [0.4, 0.5) is 10.1 Å². The lowest BCUT2D eigenvalue weighted by molar-refractivity contribution is -0.385. The lowest BCUT2D eigenvalue weighted by Crippen LogP contribution is -2.33. The summed E-state index contributed by atoms with van der Waals surface area (Å²) in [5, 5.41) is 11.1. The number of aromatic nitrogens is 1. The summed E-state index contributed by atoms with van der Waals surface area (Å²) in [6, 6.07) is 12.0. The number of fused-ring (bicyclic) bond motifs is 1. The summed E-state index contributed by atoms with van der Waals surface area (Å²) < 4.78 is 32.5. The lowest BCUT2D eigenvalue weighted by atomic mass is 10.1. The topological polar surface area (TPSA) is 92.8 Å². The van der Waals surface area contributed by atoms with Crippen LogP contribution in [0.2, 0.25) is 0 Å². The number of nitrogens with zero attached hydrogens (tertiary/aromatic N) is 2. The molecule has 4 rings (SSSR count). The van der Waals surface area contributed by atoms with Gasteiger partial charge in [-0.05, 0) is 38.1 Å². The van der Waals surface area contributed by atoms with Gasteiger partial charge in [-0.15, -0.1) is 0 Å². The Morgan fingerprint density at radius 3 is 2.72 bits per heavy atom. The number of aryl methyl sites for hydroxylation is 1. The zero-order chi connectivity index (χ0) is 22.8. The van der Waals surface area contributed by atoms with E-state index in [4.69, 9.17) is 14.2 Å². The Kier molecular flexibility index (Phi) is 5.81. The number of ketones is 1. The molecular weight excluding hydrogens is 419 g/mol. The van der Waals surface area contributed by atoms with Gasteiger partial charge in [0.2, 0.25) is 5.78 Å². The van der Waals surface area contributed by atoms with Crippen LogP contribution < -0.4 is 14.2 Å². The van der Waals surface area contributed by atoms with Crippen molar-refractivity contribution in [3.63, 3.8) is 0 Å². The monoisotopic (exact) mass is 440 g/mol. The number of ether oxygens (including phenoxy) is 3. The molecule has 1 aliphatic rings. The summed E-state index contributed by atoms with van der Waals surface area (Å²) in [6.07, 6.45) is -0.233. The maximum atomic E-state index is 13.5. The normalized spacial score (nSPS) is 14.8. The molecule has 2 heterocycles. The number of carbonyl (C=O) groups excluding carboxylic acids is 1. The maximum Gasteiger partial charge on any atom is 0.311 e. The van der Waals surface area contributed by atoms with E-state index in [0.717, 1.165) is 23.9 Å². The Balaban J connectivity index is 1.47. The fourth-order valence-corrected chi connectivity index (χ4v) is 3.70. The molecule has 166 valence electrons. The van der Waals surface area contributed by atoms with Gasteiger partial charge in [0.25, 0.3) is 0 Å². The molecule has 0 spiro atoms. The number of hydrogen-bond donors (Lipinski definition) is 0. The molecule has 0 saturated carbocycles. The average Bonchev–Trinajstić information content (AvgIpc) is 3.05. The smallest absolute Gasteiger partial charge is 0.311 e. The second-order valence-electron chi connectivity index (χ2n) is 7.47. The van der Waals surface area contributed by atoms with Crippen LogP contribution in [0.5, 0.6) is 17.2 Å². The number of nitro benzene ring substituents is 1. The average molecular weight is 440 g/mol. The fourth-order valence-electron chi connectivity index (χ4n) is 3.70. The molecule has 2 aromatic carbocycles. The highest BCUT2D eigenvalue weighted by atomic mass is 19.1. The van der Waals surface area contributed by atoms with Crippen LogP contribution in [-0.4, -0.2) is 34.6 Å². The van der Waals surface area contributed by atoms with Crippen molar-refractivity contribution >= 4 is 11.5 Å². The molecule has 0 radical (unpaired) electrons. The number of nitro groups is 1. The number of rotatable bonds is 7. The van der Waals surface area contributed by atoms with Gasteiger partial charge in [-0.3, -0.25) is 14.9 Å². The first-order valence-corrected chi connectivity index (χ1v) is 9.98. The third-order valence-corrected chi connectivity index (χ3v) is 5.31. The van der Waals surface area contributed by atoms with Gasteiger partial charge in [0.1, 0.15) is 12.4 Å². The van der Waals surface area contributed by atoms with Gasteiger partial charge in [-0.2, -0.15) is 0 Å². The van der Waals surface area contributed by atoms with Crippen LogP contribution in [0.25, 0.3) is 0 Å². The molecule has 0 N–H and O–H groups in total. The maximum absolute atomic E-state index is 13.5. The molecule has 8 nitrogen and oxygen atoms in total. The van der Waals surface area contributed by atoms with Crippen LogP contribution in [0.1, 0.15) is 21.7 Å². The van der Waals surface area contributed by atoms with E-state index in [1.807, 2.05) is 42.7 Å². The summed E-state index contributed by atoms with van der Waals surface area (Å²) in [6.45, 7) is 4.09. The number of carbonyl (C=O) groups is 1. The molecule has 1 aromatic heterocycles. The van der Waals surface area contributed by atoms with Crippen molar-refractivity contribution in [1.29, 1.82) is 0 Å². The summed E-state index contributed by atoms with van der Waals surface area (Å²) in [7, 11) is 0. The van der Waals surface area contributed by atoms with Crippen LogP contribution >= 0.6 is 0 Å². The first-order chi connectivity index (χ1) is 15.3. The van der Waals surface area contributed by atoms with E-state index in [1.165, 1.54) is 0 Å². The largest absolute Gasteiger partial charge is 0.486 e. The molecule has 0 saturated heterocycles. The van der Waals surface area contributed by atoms with Crippen LogP contribution in [0.3, 0.4) is 0 Å². The zero-order valence-corrected chi connectivity index (χ0v) is 17.5. The van der Waals surface area contributed by atoms with Crippen molar-refractivity contribution in [2.24, 2.45) is 0 Å². The molecule has 1 aliphatic heterocycles. The third-order valence-electron chi connectivity index (χ3n) is 5.31. The third kappa shape index (κ3) is 4.27. The minimum absolute atomic E-state index is 0.233. The Morgan fingerprint density at radius 2 is 1.97 bits per heavy atom. The summed E-state index contributed by atoms with van der Waals surface area (Å²) >= 11 is 0. The SMILES string of the molecule is Cc1cc(C(=O)COc2cc(F)ccc2[N+](=O)[O-])c(C)n1C[C@H]1COc2ccccc2O1. The highest BCUT2D eigenvalue weighted by molar-refractivity contribution is 5.98.